The summed E-state index contributed by atoms with van der Waals surface area (Å²) in [6.45, 7) is 5.74. The van der Waals surface area contributed by atoms with Gasteiger partial charge in [0.2, 0.25) is 5.91 Å². The molecule has 5 nitrogen and oxygen atoms in total. The molecule has 23 heavy (non-hydrogen) atoms. The lowest BCUT2D eigenvalue weighted by molar-refractivity contribution is -0.140. The first-order chi connectivity index (χ1) is 10.8. The van der Waals surface area contributed by atoms with E-state index in [-0.39, 0.29) is 18.0 Å². The van der Waals surface area contributed by atoms with E-state index in [1.807, 2.05) is 63.3 Å². The standard InChI is InChI=1S/C18H26N2O3/c1-18(2,3)20-15(17(22)23)13-19-16(21)12-11-14-9-7-5-4-6-8-10-14/h4-10,15,20H,11-13H2,1-3H3,(H,19,21)(H,22,23)/b5-4-,6-4?,7-5?,8-6-,9-7?,10-8?,14-9?,14-10?. The minimum Gasteiger partial charge on any atom is -0.480 e. The molecule has 0 aromatic rings. The van der Waals surface area contributed by atoms with Gasteiger partial charge in [0.1, 0.15) is 6.04 Å². The lowest BCUT2D eigenvalue weighted by Gasteiger charge is -2.26. The molecule has 5 heteroatoms. The maximum atomic E-state index is 11.9. The van der Waals surface area contributed by atoms with E-state index < -0.39 is 12.0 Å². The predicted octanol–water partition coefficient (Wildman–Crippen LogP) is 2.33. The maximum Gasteiger partial charge on any atom is 0.322 e. The molecular formula is C18H26N2O3. The van der Waals surface area contributed by atoms with Gasteiger partial charge in [-0.3, -0.25) is 14.9 Å². The van der Waals surface area contributed by atoms with Crippen LogP contribution in [-0.4, -0.2) is 35.1 Å². The fourth-order valence-electron chi connectivity index (χ4n) is 2.06. The van der Waals surface area contributed by atoms with Crippen molar-refractivity contribution in [1.82, 2.24) is 10.6 Å². The van der Waals surface area contributed by atoms with Crippen molar-refractivity contribution in [1.29, 1.82) is 0 Å². The molecule has 0 bridgehead atoms. The molecule has 1 amide bonds. The number of nitrogens with one attached hydrogen (secondary N) is 2. The van der Waals surface area contributed by atoms with E-state index in [0.717, 1.165) is 5.57 Å². The SMILES string of the molecule is CC(C)(C)NC(CNC(=O)CCC1=C/C=C\C=C/C=C1)C(=O)O. The average Bonchev–Trinajstić information content (AvgIpc) is 2.40. The molecule has 0 aromatic heterocycles. The predicted molar refractivity (Wildman–Crippen MR) is 92.1 cm³/mol. The second-order valence-electron chi connectivity index (χ2n) is 6.46. The van der Waals surface area contributed by atoms with Crippen molar-refractivity contribution in [2.45, 2.75) is 45.2 Å². The first-order valence-corrected chi connectivity index (χ1v) is 7.76. The molecular weight excluding hydrogens is 292 g/mol. The minimum atomic E-state index is -0.970. The van der Waals surface area contributed by atoms with Crippen molar-refractivity contribution in [3.8, 4) is 0 Å². The summed E-state index contributed by atoms with van der Waals surface area (Å²) >= 11 is 0. The fourth-order valence-corrected chi connectivity index (χ4v) is 2.06. The van der Waals surface area contributed by atoms with Crippen LogP contribution in [-0.2, 0) is 9.59 Å². The topological polar surface area (TPSA) is 78.4 Å². The molecule has 1 aliphatic carbocycles. The Morgan fingerprint density at radius 1 is 1.13 bits per heavy atom. The number of hydrogen-bond donors (Lipinski definition) is 3. The van der Waals surface area contributed by atoms with E-state index in [1.54, 1.807) is 0 Å². The number of rotatable bonds is 7. The van der Waals surface area contributed by atoms with E-state index >= 15 is 0 Å². The summed E-state index contributed by atoms with van der Waals surface area (Å²) in [7, 11) is 0. The maximum absolute atomic E-state index is 11.9. The highest BCUT2D eigenvalue weighted by atomic mass is 16.4. The van der Waals surface area contributed by atoms with Crippen LogP contribution in [0, 0.1) is 0 Å². The van der Waals surface area contributed by atoms with E-state index in [9.17, 15) is 14.7 Å². The van der Waals surface area contributed by atoms with Crippen molar-refractivity contribution >= 4 is 11.9 Å². The van der Waals surface area contributed by atoms with Crippen LogP contribution in [0.4, 0.5) is 0 Å². The molecule has 0 fully saturated rings. The van der Waals surface area contributed by atoms with Crippen LogP contribution in [0.3, 0.4) is 0 Å². The molecule has 1 atom stereocenters. The summed E-state index contributed by atoms with van der Waals surface area (Å²) in [6, 6.07) is -0.799. The Bertz CT molecular complexity index is 537. The molecule has 0 heterocycles. The number of carboxylic acid groups (broad SMARTS) is 1. The van der Waals surface area contributed by atoms with Gasteiger partial charge in [-0.25, -0.2) is 0 Å². The Hall–Kier alpha value is -2.14. The van der Waals surface area contributed by atoms with Crippen LogP contribution in [0.25, 0.3) is 0 Å². The van der Waals surface area contributed by atoms with Gasteiger partial charge in [0.15, 0.2) is 0 Å². The molecule has 0 spiro atoms. The number of carbonyl (C=O) groups is 2. The third-order valence-corrected chi connectivity index (χ3v) is 3.11. The van der Waals surface area contributed by atoms with Gasteiger partial charge >= 0.3 is 5.97 Å². The normalized spacial score (nSPS) is 18.3. The van der Waals surface area contributed by atoms with Crippen molar-refractivity contribution in [3.05, 3.63) is 48.1 Å². The summed E-state index contributed by atoms with van der Waals surface area (Å²) in [5.74, 6) is -1.12. The Morgan fingerprint density at radius 2 is 1.78 bits per heavy atom. The molecule has 0 saturated carbocycles. The second kappa shape index (κ2) is 9.10. The molecule has 0 aromatic carbocycles. The summed E-state index contributed by atoms with van der Waals surface area (Å²) in [4.78, 5) is 23.1. The highest BCUT2D eigenvalue weighted by molar-refractivity contribution is 5.78. The molecule has 0 saturated heterocycles. The van der Waals surface area contributed by atoms with Crippen LogP contribution < -0.4 is 10.6 Å². The van der Waals surface area contributed by atoms with Gasteiger partial charge in [-0.2, -0.15) is 0 Å². The Balaban J connectivity index is 2.42. The van der Waals surface area contributed by atoms with Gasteiger partial charge < -0.3 is 10.4 Å². The zero-order chi connectivity index (χ0) is 17.3. The third kappa shape index (κ3) is 8.78. The molecule has 0 radical (unpaired) electrons. The van der Waals surface area contributed by atoms with Gasteiger partial charge in [0.25, 0.3) is 0 Å². The Kier molecular flexibility index (Phi) is 7.48. The van der Waals surface area contributed by atoms with Crippen molar-refractivity contribution in [2.24, 2.45) is 0 Å². The van der Waals surface area contributed by atoms with Gasteiger partial charge in [-0.15, -0.1) is 0 Å². The van der Waals surface area contributed by atoms with E-state index in [1.165, 1.54) is 0 Å². The largest absolute Gasteiger partial charge is 0.480 e. The lowest BCUT2D eigenvalue weighted by atomic mass is 10.1. The van der Waals surface area contributed by atoms with Gasteiger partial charge in [-0.05, 0) is 32.8 Å². The highest BCUT2D eigenvalue weighted by Gasteiger charge is 2.23. The van der Waals surface area contributed by atoms with Crippen molar-refractivity contribution < 1.29 is 14.7 Å². The van der Waals surface area contributed by atoms with Gasteiger partial charge in [0, 0.05) is 18.5 Å². The number of allylic oxidation sites excluding steroid dienone is 8. The second-order valence-corrected chi connectivity index (χ2v) is 6.46. The summed E-state index contributed by atoms with van der Waals surface area (Å²) in [5.41, 5.74) is 0.727. The molecule has 1 rings (SSSR count). The molecule has 3 N–H and O–H groups in total. The van der Waals surface area contributed by atoms with Crippen molar-refractivity contribution in [3.63, 3.8) is 0 Å². The van der Waals surface area contributed by atoms with Crippen LogP contribution in [0.1, 0.15) is 33.6 Å². The summed E-state index contributed by atoms with van der Waals surface area (Å²) in [6.07, 6.45) is 14.5. The number of hydrogen-bond acceptors (Lipinski definition) is 3. The number of aliphatic carboxylic acids is 1. The molecule has 1 unspecified atom stereocenters. The van der Waals surface area contributed by atoms with Crippen LogP contribution in [0.15, 0.2) is 48.1 Å². The molecule has 1 aliphatic rings. The van der Waals surface area contributed by atoms with Crippen LogP contribution in [0.2, 0.25) is 0 Å². The van der Waals surface area contributed by atoms with E-state index in [0.29, 0.717) is 12.8 Å². The van der Waals surface area contributed by atoms with Gasteiger partial charge in [-0.1, -0.05) is 42.5 Å². The third-order valence-electron chi connectivity index (χ3n) is 3.11. The molecule has 0 aliphatic heterocycles. The highest BCUT2D eigenvalue weighted by Crippen LogP contribution is 2.09. The summed E-state index contributed by atoms with van der Waals surface area (Å²) < 4.78 is 0. The lowest BCUT2D eigenvalue weighted by Crippen LogP contribution is -2.53. The van der Waals surface area contributed by atoms with E-state index in [4.69, 9.17) is 0 Å². The average molecular weight is 318 g/mol. The zero-order valence-electron chi connectivity index (χ0n) is 14.0. The molecule has 126 valence electrons. The monoisotopic (exact) mass is 318 g/mol. The first-order valence-electron chi connectivity index (χ1n) is 7.76. The van der Waals surface area contributed by atoms with Crippen molar-refractivity contribution in [2.75, 3.05) is 6.54 Å². The number of carbonyl (C=O) groups excluding carboxylic acids is 1. The minimum absolute atomic E-state index is 0.0724. The number of amides is 1. The van der Waals surface area contributed by atoms with Gasteiger partial charge in [0.05, 0.1) is 0 Å². The van der Waals surface area contributed by atoms with Crippen LogP contribution in [0.5, 0.6) is 0 Å². The first kappa shape index (κ1) is 18.9. The quantitative estimate of drug-likeness (QED) is 0.673. The fraction of sp³-hybridized carbons (Fsp3) is 0.444. The van der Waals surface area contributed by atoms with E-state index in [2.05, 4.69) is 10.6 Å². The zero-order valence-corrected chi connectivity index (χ0v) is 14.0. The Labute approximate surface area is 137 Å². The number of carboxylic acids is 1. The van der Waals surface area contributed by atoms with Crippen LogP contribution >= 0.6 is 0 Å². The summed E-state index contributed by atoms with van der Waals surface area (Å²) in [5, 5.41) is 14.9. The smallest absolute Gasteiger partial charge is 0.322 e. The Morgan fingerprint density at radius 3 is 2.43 bits per heavy atom.